The zero-order chi connectivity index (χ0) is 12.5. The maximum atomic E-state index is 12.2. The van der Waals surface area contributed by atoms with Crippen LogP contribution in [0.2, 0.25) is 0 Å². The number of carbonyl (C=O) groups is 1. The SMILES string of the molecule is CC1Cc2cc(C(=O)C3COCCO3)ccc2O1. The molecule has 0 spiro atoms. The summed E-state index contributed by atoms with van der Waals surface area (Å²) in [7, 11) is 0. The van der Waals surface area contributed by atoms with Crippen LogP contribution in [0.5, 0.6) is 5.75 Å². The van der Waals surface area contributed by atoms with E-state index in [9.17, 15) is 4.79 Å². The summed E-state index contributed by atoms with van der Waals surface area (Å²) in [4.78, 5) is 12.2. The van der Waals surface area contributed by atoms with Crippen LogP contribution in [-0.4, -0.2) is 37.8 Å². The fourth-order valence-corrected chi connectivity index (χ4v) is 2.40. The van der Waals surface area contributed by atoms with Crippen molar-refractivity contribution in [3.63, 3.8) is 0 Å². The Labute approximate surface area is 106 Å². The summed E-state index contributed by atoms with van der Waals surface area (Å²) >= 11 is 0. The third-order valence-corrected chi connectivity index (χ3v) is 3.29. The van der Waals surface area contributed by atoms with Gasteiger partial charge in [-0.25, -0.2) is 0 Å². The summed E-state index contributed by atoms with van der Waals surface area (Å²) in [6.45, 7) is 3.43. The molecule has 2 aliphatic rings. The number of carbonyl (C=O) groups excluding carboxylic acids is 1. The smallest absolute Gasteiger partial charge is 0.193 e. The Morgan fingerprint density at radius 1 is 1.33 bits per heavy atom. The largest absolute Gasteiger partial charge is 0.490 e. The van der Waals surface area contributed by atoms with E-state index in [1.807, 2.05) is 19.1 Å². The Morgan fingerprint density at radius 3 is 3.00 bits per heavy atom. The van der Waals surface area contributed by atoms with Crippen LogP contribution in [0.1, 0.15) is 22.8 Å². The number of hydrogen-bond acceptors (Lipinski definition) is 4. The number of rotatable bonds is 2. The molecule has 3 rings (SSSR count). The predicted octanol–water partition coefficient (Wildman–Crippen LogP) is 1.61. The summed E-state index contributed by atoms with van der Waals surface area (Å²) in [5, 5.41) is 0. The monoisotopic (exact) mass is 248 g/mol. The maximum absolute atomic E-state index is 12.2. The van der Waals surface area contributed by atoms with Crippen molar-refractivity contribution < 1.29 is 19.0 Å². The Morgan fingerprint density at radius 2 is 2.22 bits per heavy atom. The Balaban J connectivity index is 1.80. The fraction of sp³-hybridized carbons (Fsp3) is 0.500. The molecule has 4 nitrogen and oxygen atoms in total. The predicted molar refractivity (Wildman–Crippen MR) is 65.1 cm³/mol. The van der Waals surface area contributed by atoms with E-state index in [4.69, 9.17) is 14.2 Å². The topological polar surface area (TPSA) is 44.8 Å². The number of Topliss-reactive ketones (excluding diaryl/α,β-unsaturated/α-hetero) is 1. The van der Waals surface area contributed by atoms with E-state index in [0.717, 1.165) is 17.7 Å². The molecule has 2 unspecified atom stereocenters. The first-order valence-electron chi connectivity index (χ1n) is 6.27. The van der Waals surface area contributed by atoms with Crippen molar-refractivity contribution in [2.24, 2.45) is 0 Å². The van der Waals surface area contributed by atoms with Gasteiger partial charge in [0, 0.05) is 12.0 Å². The minimum atomic E-state index is -0.462. The van der Waals surface area contributed by atoms with E-state index in [0.29, 0.717) is 25.4 Å². The van der Waals surface area contributed by atoms with Crippen molar-refractivity contribution in [3.05, 3.63) is 29.3 Å². The Hall–Kier alpha value is -1.39. The molecule has 0 saturated carbocycles. The lowest BCUT2D eigenvalue weighted by Gasteiger charge is -2.21. The van der Waals surface area contributed by atoms with Gasteiger partial charge in [0.2, 0.25) is 0 Å². The zero-order valence-electron chi connectivity index (χ0n) is 10.3. The van der Waals surface area contributed by atoms with Gasteiger partial charge in [0.25, 0.3) is 0 Å². The van der Waals surface area contributed by atoms with Crippen LogP contribution in [0.15, 0.2) is 18.2 Å². The van der Waals surface area contributed by atoms with Crippen LogP contribution in [0, 0.1) is 0 Å². The van der Waals surface area contributed by atoms with Crippen LogP contribution in [0.25, 0.3) is 0 Å². The van der Waals surface area contributed by atoms with Crippen molar-refractivity contribution in [1.29, 1.82) is 0 Å². The van der Waals surface area contributed by atoms with Crippen molar-refractivity contribution in [2.45, 2.75) is 25.6 Å². The summed E-state index contributed by atoms with van der Waals surface area (Å²) in [5.74, 6) is 0.886. The van der Waals surface area contributed by atoms with Gasteiger partial charge in [-0.3, -0.25) is 4.79 Å². The molecule has 0 aromatic heterocycles. The van der Waals surface area contributed by atoms with E-state index >= 15 is 0 Å². The zero-order valence-corrected chi connectivity index (χ0v) is 10.3. The molecule has 0 radical (unpaired) electrons. The van der Waals surface area contributed by atoms with E-state index in [1.54, 1.807) is 6.07 Å². The van der Waals surface area contributed by atoms with Gasteiger partial charge >= 0.3 is 0 Å². The Bertz CT molecular complexity index is 463. The molecule has 2 atom stereocenters. The summed E-state index contributed by atoms with van der Waals surface area (Å²) in [6, 6.07) is 5.59. The molecule has 0 bridgehead atoms. The van der Waals surface area contributed by atoms with Gasteiger partial charge in [-0.1, -0.05) is 0 Å². The van der Waals surface area contributed by atoms with Crippen LogP contribution < -0.4 is 4.74 Å². The van der Waals surface area contributed by atoms with Gasteiger partial charge in [0.05, 0.1) is 19.8 Å². The first-order valence-corrected chi connectivity index (χ1v) is 6.27. The molecule has 0 N–H and O–H groups in total. The molecular formula is C14H16O4. The van der Waals surface area contributed by atoms with Crippen molar-refractivity contribution in [2.75, 3.05) is 19.8 Å². The minimum Gasteiger partial charge on any atom is -0.490 e. The number of ether oxygens (including phenoxy) is 3. The van der Waals surface area contributed by atoms with Gasteiger partial charge in [-0.15, -0.1) is 0 Å². The lowest BCUT2D eigenvalue weighted by Crippen LogP contribution is -2.35. The van der Waals surface area contributed by atoms with Crippen molar-refractivity contribution in [3.8, 4) is 5.75 Å². The normalized spacial score (nSPS) is 26.5. The lowest BCUT2D eigenvalue weighted by atomic mass is 10.0. The standard InChI is InChI=1S/C14H16O4/c1-9-6-11-7-10(2-3-12(11)18-9)14(15)13-8-16-4-5-17-13/h2-3,7,9,13H,4-6,8H2,1H3. The molecule has 1 fully saturated rings. The van der Waals surface area contributed by atoms with Gasteiger partial charge in [-0.05, 0) is 30.7 Å². The van der Waals surface area contributed by atoms with Gasteiger partial charge in [0.1, 0.15) is 18.0 Å². The molecule has 1 saturated heterocycles. The number of hydrogen-bond donors (Lipinski definition) is 0. The summed E-state index contributed by atoms with van der Waals surface area (Å²) in [5.41, 5.74) is 1.78. The molecule has 0 aliphatic carbocycles. The van der Waals surface area contributed by atoms with Gasteiger partial charge in [0.15, 0.2) is 5.78 Å². The van der Waals surface area contributed by atoms with Crippen LogP contribution >= 0.6 is 0 Å². The molecule has 2 heterocycles. The highest BCUT2D eigenvalue weighted by Gasteiger charge is 2.26. The van der Waals surface area contributed by atoms with Gasteiger partial charge < -0.3 is 14.2 Å². The molecule has 18 heavy (non-hydrogen) atoms. The second-order valence-corrected chi connectivity index (χ2v) is 4.75. The maximum Gasteiger partial charge on any atom is 0.193 e. The first kappa shape index (κ1) is 11.7. The number of benzene rings is 1. The van der Waals surface area contributed by atoms with Crippen molar-refractivity contribution in [1.82, 2.24) is 0 Å². The molecule has 4 heteroatoms. The van der Waals surface area contributed by atoms with Gasteiger partial charge in [-0.2, -0.15) is 0 Å². The van der Waals surface area contributed by atoms with E-state index in [1.165, 1.54) is 0 Å². The average molecular weight is 248 g/mol. The molecule has 0 amide bonds. The third-order valence-electron chi connectivity index (χ3n) is 3.29. The average Bonchev–Trinajstić information content (AvgIpc) is 2.78. The molecule has 1 aromatic carbocycles. The third kappa shape index (κ3) is 2.13. The highest BCUT2D eigenvalue weighted by molar-refractivity contribution is 6.00. The van der Waals surface area contributed by atoms with E-state index < -0.39 is 6.10 Å². The lowest BCUT2D eigenvalue weighted by molar-refractivity contribution is -0.0719. The van der Waals surface area contributed by atoms with Crippen LogP contribution in [0.4, 0.5) is 0 Å². The van der Waals surface area contributed by atoms with Crippen molar-refractivity contribution >= 4 is 5.78 Å². The minimum absolute atomic E-state index is 0.00273. The molecule has 1 aromatic rings. The Kier molecular flexibility index (Phi) is 3.06. The molecular weight excluding hydrogens is 232 g/mol. The molecule has 2 aliphatic heterocycles. The fourth-order valence-electron chi connectivity index (χ4n) is 2.40. The van der Waals surface area contributed by atoms with E-state index in [-0.39, 0.29) is 11.9 Å². The quantitative estimate of drug-likeness (QED) is 0.746. The second kappa shape index (κ2) is 4.71. The summed E-state index contributed by atoms with van der Waals surface area (Å²) < 4.78 is 16.3. The highest BCUT2D eigenvalue weighted by Crippen LogP contribution is 2.29. The number of ketones is 1. The second-order valence-electron chi connectivity index (χ2n) is 4.75. The highest BCUT2D eigenvalue weighted by atomic mass is 16.6. The number of fused-ring (bicyclic) bond motifs is 1. The molecule has 96 valence electrons. The van der Waals surface area contributed by atoms with Crippen LogP contribution in [-0.2, 0) is 15.9 Å². The first-order chi connectivity index (χ1) is 8.74. The summed E-state index contributed by atoms with van der Waals surface area (Å²) in [6.07, 6.45) is 0.592. The van der Waals surface area contributed by atoms with Crippen LogP contribution in [0.3, 0.4) is 0 Å². The van der Waals surface area contributed by atoms with E-state index in [2.05, 4.69) is 0 Å².